The van der Waals surface area contributed by atoms with Gasteiger partial charge in [0.1, 0.15) is 0 Å². The van der Waals surface area contributed by atoms with Gasteiger partial charge in [0, 0.05) is 18.1 Å². The van der Waals surface area contributed by atoms with Crippen LogP contribution in [0, 0.1) is 0 Å². The van der Waals surface area contributed by atoms with E-state index in [1.807, 2.05) is 12.1 Å². The molecule has 0 aromatic heterocycles. The van der Waals surface area contributed by atoms with Gasteiger partial charge in [0.25, 0.3) is 5.91 Å². The second-order valence-corrected chi connectivity index (χ2v) is 5.74. The molecular weight excluding hydrogens is 312 g/mol. The summed E-state index contributed by atoms with van der Waals surface area (Å²) in [4.78, 5) is 18.1. The number of aliphatic hydroxyl groups excluding tert-OH is 2. The minimum absolute atomic E-state index is 0.0655. The van der Waals surface area contributed by atoms with Crippen LogP contribution in [0.2, 0.25) is 5.02 Å². The molecule has 2 rings (SSSR count). The standard InChI is InChI=1S/C14H15ClN2O3S/c15-11-3-1-10(2-4-11)9-12-13(20)16-14(21-12)17(5-7-18)6-8-19/h1-4,9,18-19H,5-8H2/b12-9+. The average molecular weight is 327 g/mol. The quantitative estimate of drug-likeness (QED) is 0.804. The SMILES string of the molecule is O=C1N=C(N(CCO)CCO)S/C1=C/c1ccc(Cl)cc1. The maximum Gasteiger partial charge on any atom is 0.286 e. The van der Waals surface area contributed by atoms with E-state index in [4.69, 9.17) is 21.8 Å². The fourth-order valence-corrected chi connectivity index (χ4v) is 2.88. The lowest BCUT2D eigenvalue weighted by atomic mass is 10.2. The highest BCUT2D eigenvalue weighted by Crippen LogP contribution is 2.30. The van der Waals surface area contributed by atoms with Crippen LogP contribution in [0.5, 0.6) is 0 Å². The summed E-state index contributed by atoms with van der Waals surface area (Å²) < 4.78 is 0. The summed E-state index contributed by atoms with van der Waals surface area (Å²) in [5.41, 5.74) is 0.863. The highest BCUT2D eigenvalue weighted by atomic mass is 35.5. The molecule has 0 saturated carbocycles. The zero-order valence-corrected chi connectivity index (χ0v) is 12.8. The Balaban J connectivity index is 2.12. The molecule has 0 aliphatic carbocycles. The third-order valence-electron chi connectivity index (χ3n) is 2.79. The molecule has 1 heterocycles. The van der Waals surface area contributed by atoms with E-state index < -0.39 is 0 Å². The molecule has 21 heavy (non-hydrogen) atoms. The molecule has 0 fully saturated rings. The number of carbonyl (C=O) groups excluding carboxylic acids is 1. The number of carbonyl (C=O) groups is 1. The van der Waals surface area contributed by atoms with Crippen LogP contribution in [0.25, 0.3) is 6.08 Å². The largest absolute Gasteiger partial charge is 0.395 e. The fourth-order valence-electron chi connectivity index (χ4n) is 1.79. The van der Waals surface area contributed by atoms with Crippen LogP contribution in [0.3, 0.4) is 0 Å². The smallest absolute Gasteiger partial charge is 0.286 e. The van der Waals surface area contributed by atoms with Crippen LogP contribution >= 0.6 is 23.4 Å². The molecule has 112 valence electrons. The van der Waals surface area contributed by atoms with Crippen molar-refractivity contribution in [2.45, 2.75) is 0 Å². The number of thioether (sulfide) groups is 1. The average Bonchev–Trinajstić information content (AvgIpc) is 2.82. The molecule has 0 atom stereocenters. The number of aliphatic hydroxyl groups is 2. The third kappa shape index (κ3) is 4.31. The van der Waals surface area contributed by atoms with E-state index in [1.165, 1.54) is 11.8 Å². The van der Waals surface area contributed by atoms with E-state index >= 15 is 0 Å². The zero-order chi connectivity index (χ0) is 15.2. The predicted octanol–water partition coefficient (Wildman–Crippen LogP) is 1.60. The molecule has 5 nitrogen and oxygen atoms in total. The molecule has 1 aliphatic rings. The van der Waals surface area contributed by atoms with Crippen LogP contribution in [0.1, 0.15) is 5.56 Å². The number of hydrogen-bond donors (Lipinski definition) is 2. The van der Waals surface area contributed by atoms with Gasteiger partial charge in [-0.3, -0.25) is 4.79 Å². The molecule has 1 aliphatic heterocycles. The van der Waals surface area contributed by atoms with E-state index in [1.54, 1.807) is 23.1 Å². The van der Waals surface area contributed by atoms with Crippen molar-refractivity contribution < 1.29 is 15.0 Å². The van der Waals surface area contributed by atoms with Gasteiger partial charge >= 0.3 is 0 Å². The molecule has 1 aromatic rings. The minimum Gasteiger partial charge on any atom is -0.395 e. The lowest BCUT2D eigenvalue weighted by Crippen LogP contribution is -2.33. The van der Waals surface area contributed by atoms with E-state index in [0.717, 1.165) is 5.56 Å². The number of amides is 1. The third-order valence-corrected chi connectivity index (χ3v) is 4.08. The summed E-state index contributed by atoms with van der Waals surface area (Å²) in [6.45, 7) is 0.524. The van der Waals surface area contributed by atoms with Gasteiger partial charge in [-0.1, -0.05) is 23.7 Å². The molecule has 0 bridgehead atoms. The number of amidine groups is 1. The Morgan fingerprint density at radius 3 is 2.38 bits per heavy atom. The second kappa shape index (κ2) is 7.61. The first kappa shape index (κ1) is 16.0. The number of hydrogen-bond acceptors (Lipinski definition) is 5. The van der Waals surface area contributed by atoms with Crippen molar-refractivity contribution in [2.24, 2.45) is 4.99 Å². The summed E-state index contributed by atoms with van der Waals surface area (Å²) >= 11 is 7.06. The maximum atomic E-state index is 11.9. The van der Waals surface area contributed by atoms with Crippen LogP contribution < -0.4 is 0 Å². The van der Waals surface area contributed by atoms with Gasteiger partial charge in [-0.25, -0.2) is 0 Å². The Labute approximate surface area is 131 Å². The molecule has 1 amide bonds. The van der Waals surface area contributed by atoms with E-state index in [2.05, 4.69) is 4.99 Å². The van der Waals surface area contributed by atoms with Crippen LogP contribution in [0.4, 0.5) is 0 Å². The predicted molar refractivity (Wildman–Crippen MR) is 85.2 cm³/mol. The summed E-state index contributed by atoms with van der Waals surface area (Å²) in [5, 5.41) is 19.2. The van der Waals surface area contributed by atoms with Crippen molar-refractivity contribution in [3.63, 3.8) is 0 Å². The van der Waals surface area contributed by atoms with Crippen LogP contribution in [-0.4, -0.2) is 52.5 Å². The first-order valence-corrected chi connectivity index (χ1v) is 7.58. The van der Waals surface area contributed by atoms with Gasteiger partial charge in [-0.15, -0.1) is 0 Å². The van der Waals surface area contributed by atoms with Crippen molar-refractivity contribution in [3.05, 3.63) is 39.8 Å². The summed E-state index contributed by atoms with van der Waals surface area (Å²) in [6, 6.07) is 7.15. The summed E-state index contributed by atoms with van der Waals surface area (Å²) in [6.07, 6.45) is 1.75. The van der Waals surface area contributed by atoms with Gasteiger partial charge in [-0.2, -0.15) is 4.99 Å². The van der Waals surface area contributed by atoms with Crippen molar-refractivity contribution in [2.75, 3.05) is 26.3 Å². The van der Waals surface area contributed by atoms with Crippen LogP contribution in [-0.2, 0) is 4.79 Å². The van der Waals surface area contributed by atoms with Crippen molar-refractivity contribution in [1.29, 1.82) is 0 Å². The van der Waals surface area contributed by atoms with E-state index in [9.17, 15) is 4.79 Å². The highest BCUT2D eigenvalue weighted by Gasteiger charge is 2.25. The Hall–Kier alpha value is -1.34. The normalized spacial score (nSPS) is 16.4. The number of nitrogens with zero attached hydrogens (tertiary/aromatic N) is 2. The summed E-state index contributed by atoms with van der Waals surface area (Å²) in [7, 11) is 0. The Kier molecular flexibility index (Phi) is 5.81. The van der Waals surface area contributed by atoms with Gasteiger partial charge in [0.15, 0.2) is 5.17 Å². The van der Waals surface area contributed by atoms with Crippen molar-refractivity contribution in [1.82, 2.24) is 4.90 Å². The van der Waals surface area contributed by atoms with Gasteiger partial charge < -0.3 is 15.1 Å². The topological polar surface area (TPSA) is 73.1 Å². The molecule has 0 saturated heterocycles. The molecule has 0 spiro atoms. The second-order valence-electron chi connectivity index (χ2n) is 4.30. The molecule has 0 radical (unpaired) electrons. The number of rotatable bonds is 5. The van der Waals surface area contributed by atoms with Gasteiger partial charge in [0.05, 0.1) is 18.1 Å². The Morgan fingerprint density at radius 2 is 1.81 bits per heavy atom. The molecule has 0 unspecified atom stereocenters. The maximum absolute atomic E-state index is 11.9. The van der Waals surface area contributed by atoms with E-state index in [-0.39, 0.29) is 19.1 Å². The first-order chi connectivity index (χ1) is 10.1. The lowest BCUT2D eigenvalue weighted by Gasteiger charge is -2.20. The number of benzene rings is 1. The first-order valence-electron chi connectivity index (χ1n) is 6.39. The molecule has 7 heteroatoms. The minimum atomic E-state index is -0.314. The monoisotopic (exact) mass is 326 g/mol. The Bertz CT molecular complexity index is 566. The van der Waals surface area contributed by atoms with Crippen molar-refractivity contribution in [3.8, 4) is 0 Å². The molecule has 1 aromatic carbocycles. The highest BCUT2D eigenvalue weighted by molar-refractivity contribution is 8.18. The Morgan fingerprint density at radius 1 is 1.19 bits per heavy atom. The summed E-state index contributed by atoms with van der Waals surface area (Å²) in [5.74, 6) is -0.314. The lowest BCUT2D eigenvalue weighted by molar-refractivity contribution is -0.113. The molecule has 2 N–H and O–H groups in total. The van der Waals surface area contributed by atoms with Gasteiger partial charge in [-0.05, 0) is 35.5 Å². The van der Waals surface area contributed by atoms with Crippen molar-refractivity contribution >= 4 is 40.5 Å². The van der Waals surface area contributed by atoms with E-state index in [0.29, 0.717) is 28.2 Å². The molecular formula is C14H15ClN2O3S. The number of halogens is 1. The van der Waals surface area contributed by atoms with Crippen LogP contribution in [0.15, 0.2) is 34.2 Å². The zero-order valence-electron chi connectivity index (χ0n) is 11.2. The number of aliphatic imine (C=N–C) groups is 1. The fraction of sp³-hybridized carbons (Fsp3) is 0.286. The van der Waals surface area contributed by atoms with Gasteiger partial charge in [0.2, 0.25) is 0 Å².